The van der Waals surface area contributed by atoms with Crippen molar-refractivity contribution in [3.05, 3.63) is 216 Å². The van der Waals surface area contributed by atoms with Gasteiger partial charge in [0.1, 0.15) is 5.41 Å². The Bertz CT molecular complexity index is 3100. The molecule has 1 unspecified atom stereocenters. The fourth-order valence-corrected chi connectivity index (χ4v) is 8.91. The van der Waals surface area contributed by atoms with E-state index in [4.69, 9.17) is 0 Å². The van der Waals surface area contributed by atoms with Crippen LogP contribution in [0, 0.1) is 11.8 Å². The standard InChI is InChI=1S/C51H32N2/c1-4-16-35(17-5-1)32-33-51(36-18-6-2-7-19-36)45-25-13-10-22-39(45)40-29-28-38(34-46(40)51)53-48-27-15-12-24-42(48)44-31-30-43-41-23-11-14-26-47(41)52(49(43)50(44)53)37-20-8-3-9-21-37/h1-31,34H. The lowest BCUT2D eigenvalue weighted by Gasteiger charge is -2.28. The van der Waals surface area contributed by atoms with Crippen molar-refractivity contribution in [1.82, 2.24) is 9.13 Å². The number of fused-ring (bicyclic) bond motifs is 10. The molecule has 2 nitrogen and oxygen atoms in total. The van der Waals surface area contributed by atoms with Crippen LogP contribution in [0.3, 0.4) is 0 Å². The van der Waals surface area contributed by atoms with Crippen LogP contribution in [0.25, 0.3) is 66.1 Å². The summed E-state index contributed by atoms with van der Waals surface area (Å²) < 4.78 is 4.94. The molecule has 1 atom stereocenters. The summed E-state index contributed by atoms with van der Waals surface area (Å²) in [4.78, 5) is 0. The van der Waals surface area contributed by atoms with Gasteiger partial charge in [0.2, 0.25) is 0 Å². The van der Waals surface area contributed by atoms with Crippen molar-refractivity contribution in [2.24, 2.45) is 0 Å². The van der Waals surface area contributed by atoms with Gasteiger partial charge in [-0.1, -0.05) is 157 Å². The highest BCUT2D eigenvalue weighted by Crippen LogP contribution is 2.53. The molecule has 0 radical (unpaired) electrons. The minimum atomic E-state index is -0.675. The Morgan fingerprint density at radius 1 is 0.377 bits per heavy atom. The second-order valence-corrected chi connectivity index (χ2v) is 13.9. The summed E-state index contributed by atoms with van der Waals surface area (Å²) in [6.07, 6.45) is 0. The van der Waals surface area contributed by atoms with Gasteiger partial charge in [-0.15, -0.1) is 0 Å². The van der Waals surface area contributed by atoms with Gasteiger partial charge in [-0.25, -0.2) is 0 Å². The summed E-state index contributed by atoms with van der Waals surface area (Å²) in [7, 11) is 0. The van der Waals surface area contributed by atoms with E-state index in [0.29, 0.717) is 0 Å². The Kier molecular flexibility index (Phi) is 6.41. The first-order valence-electron chi connectivity index (χ1n) is 18.2. The van der Waals surface area contributed by atoms with E-state index >= 15 is 0 Å². The van der Waals surface area contributed by atoms with Crippen LogP contribution in [0.5, 0.6) is 0 Å². The summed E-state index contributed by atoms with van der Waals surface area (Å²) in [5.74, 6) is 7.53. The quantitative estimate of drug-likeness (QED) is 0.165. The van der Waals surface area contributed by atoms with E-state index in [1.807, 2.05) is 6.07 Å². The molecule has 0 bridgehead atoms. The van der Waals surface area contributed by atoms with Crippen LogP contribution in [-0.2, 0) is 5.41 Å². The average Bonchev–Trinajstić information content (AvgIpc) is 3.85. The van der Waals surface area contributed by atoms with Crippen LogP contribution in [0.2, 0.25) is 0 Å². The summed E-state index contributed by atoms with van der Waals surface area (Å²) in [6, 6.07) is 70.1. The SMILES string of the molecule is C(#CC1(c2ccccc2)c2ccccc2-c2ccc(-n3c4ccccc4c4ccc5c6ccccc6n(-c6ccccc6)c5c43)cc21)c1ccccc1. The van der Waals surface area contributed by atoms with E-state index in [-0.39, 0.29) is 0 Å². The second kappa shape index (κ2) is 11.5. The monoisotopic (exact) mass is 672 g/mol. The molecule has 0 spiro atoms. The lowest BCUT2D eigenvalue weighted by atomic mass is 9.73. The number of nitrogens with zero attached hydrogens (tertiary/aromatic N) is 2. The predicted molar refractivity (Wildman–Crippen MR) is 220 cm³/mol. The van der Waals surface area contributed by atoms with E-state index in [0.717, 1.165) is 16.9 Å². The number of hydrogen-bond acceptors (Lipinski definition) is 0. The molecule has 0 aliphatic heterocycles. The number of aromatic nitrogens is 2. The van der Waals surface area contributed by atoms with Crippen molar-refractivity contribution in [3.63, 3.8) is 0 Å². The average molecular weight is 673 g/mol. The van der Waals surface area contributed by atoms with Crippen molar-refractivity contribution >= 4 is 43.6 Å². The van der Waals surface area contributed by atoms with Crippen LogP contribution in [0.1, 0.15) is 22.3 Å². The van der Waals surface area contributed by atoms with Crippen molar-refractivity contribution in [2.75, 3.05) is 0 Å². The first kappa shape index (κ1) is 29.6. The summed E-state index contributed by atoms with van der Waals surface area (Å²) in [5, 5.41) is 4.95. The van der Waals surface area contributed by atoms with E-state index in [1.54, 1.807) is 0 Å². The van der Waals surface area contributed by atoms with Crippen molar-refractivity contribution in [3.8, 4) is 34.3 Å². The molecule has 246 valence electrons. The first-order valence-corrected chi connectivity index (χ1v) is 18.2. The molecule has 8 aromatic carbocycles. The minimum Gasteiger partial charge on any atom is -0.307 e. The van der Waals surface area contributed by atoms with Crippen molar-refractivity contribution in [2.45, 2.75) is 5.41 Å². The smallest absolute Gasteiger partial charge is 0.108 e. The van der Waals surface area contributed by atoms with Gasteiger partial charge in [0.25, 0.3) is 0 Å². The molecule has 0 saturated heterocycles. The fraction of sp³-hybridized carbons (Fsp3) is 0.0196. The Morgan fingerprint density at radius 3 is 1.58 bits per heavy atom. The maximum Gasteiger partial charge on any atom is 0.108 e. The fourth-order valence-electron chi connectivity index (χ4n) is 8.91. The van der Waals surface area contributed by atoms with Gasteiger partial charge >= 0.3 is 0 Å². The number of hydrogen-bond donors (Lipinski definition) is 0. The van der Waals surface area contributed by atoms with Gasteiger partial charge < -0.3 is 9.13 Å². The summed E-state index contributed by atoms with van der Waals surface area (Å²) in [6.45, 7) is 0. The third-order valence-electron chi connectivity index (χ3n) is 11.1. The molecule has 0 saturated carbocycles. The van der Waals surface area contributed by atoms with Gasteiger partial charge in [0.05, 0.1) is 22.1 Å². The third-order valence-corrected chi connectivity index (χ3v) is 11.1. The van der Waals surface area contributed by atoms with Crippen LogP contribution in [-0.4, -0.2) is 9.13 Å². The molecular weight excluding hydrogens is 641 g/mol. The zero-order chi connectivity index (χ0) is 34.9. The zero-order valence-electron chi connectivity index (χ0n) is 28.9. The lowest BCUT2D eigenvalue weighted by molar-refractivity contribution is 0.835. The Balaban J connectivity index is 1.28. The normalized spacial score (nSPS) is 14.7. The van der Waals surface area contributed by atoms with Crippen molar-refractivity contribution in [1.29, 1.82) is 0 Å². The van der Waals surface area contributed by atoms with E-state index < -0.39 is 5.41 Å². The van der Waals surface area contributed by atoms with E-state index in [2.05, 4.69) is 209 Å². The van der Waals surface area contributed by atoms with E-state index in [9.17, 15) is 0 Å². The molecule has 2 heteroatoms. The maximum atomic E-state index is 3.90. The highest BCUT2D eigenvalue weighted by Gasteiger charge is 2.44. The molecule has 1 aliphatic rings. The van der Waals surface area contributed by atoms with Gasteiger partial charge in [0, 0.05) is 38.5 Å². The highest BCUT2D eigenvalue weighted by atomic mass is 15.0. The molecule has 53 heavy (non-hydrogen) atoms. The molecule has 0 amide bonds. The molecule has 2 aromatic heterocycles. The minimum absolute atomic E-state index is 0.675. The van der Waals surface area contributed by atoms with Gasteiger partial charge in [-0.05, 0) is 76.3 Å². The largest absolute Gasteiger partial charge is 0.307 e. The van der Waals surface area contributed by atoms with Crippen LogP contribution in [0.4, 0.5) is 0 Å². The van der Waals surface area contributed by atoms with Crippen LogP contribution in [0.15, 0.2) is 194 Å². The first-order chi connectivity index (χ1) is 26.3. The van der Waals surface area contributed by atoms with Crippen LogP contribution >= 0.6 is 0 Å². The molecule has 0 N–H and O–H groups in total. The topological polar surface area (TPSA) is 9.86 Å². The molecule has 10 aromatic rings. The Labute approximate surface area is 307 Å². The van der Waals surface area contributed by atoms with E-state index in [1.165, 1.54) is 71.4 Å². The Morgan fingerprint density at radius 2 is 0.906 bits per heavy atom. The zero-order valence-corrected chi connectivity index (χ0v) is 28.9. The van der Waals surface area contributed by atoms with Crippen molar-refractivity contribution < 1.29 is 0 Å². The van der Waals surface area contributed by atoms with Gasteiger partial charge in [-0.2, -0.15) is 0 Å². The lowest BCUT2D eigenvalue weighted by Crippen LogP contribution is -2.25. The number of para-hydroxylation sites is 3. The molecule has 0 fully saturated rings. The second-order valence-electron chi connectivity index (χ2n) is 13.9. The maximum absolute atomic E-state index is 3.90. The van der Waals surface area contributed by atoms with Gasteiger partial charge in [-0.3, -0.25) is 0 Å². The summed E-state index contributed by atoms with van der Waals surface area (Å²) >= 11 is 0. The van der Waals surface area contributed by atoms with Crippen LogP contribution < -0.4 is 0 Å². The number of rotatable bonds is 3. The van der Waals surface area contributed by atoms with Gasteiger partial charge in [0.15, 0.2) is 0 Å². The third kappa shape index (κ3) is 4.23. The molecular formula is C51H32N2. The Hall–Kier alpha value is -7.08. The molecule has 1 aliphatic carbocycles. The molecule has 11 rings (SSSR count). The summed E-state index contributed by atoms with van der Waals surface area (Å²) in [5.41, 5.74) is 13.4. The predicted octanol–water partition coefficient (Wildman–Crippen LogP) is 12.2. The highest BCUT2D eigenvalue weighted by molar-refractivity contribution is 6.23. The number of benzene rings is 8. The molecule has 2 heterocycles.